The second-order valence-corrected chi connectivity index (χ2v) is 9.11. The minimum Gasteiger partial charge on any atom is -0.365 e. The molecule has 1 saturated carbocycles. The van der Waals surface area contributed by atoms with E-state index in [-0.39, 0.29) is 11.8 Å². The molecule has 1 saturated heterocycles. The Morgan fingerprint density at radius 1 is 1.19 bits per heavy atom. The molecule has 4 heteroatoms. The van der Waals surface area contributed by atoms with E-state index in [2.05, 4.69) is 53.2 Å². The van der Waals surface area contributed by atoms with Crippen molar-refractivity contribution in [2.75, 3.05) is 31.1 Å². The molecule has 0 aromatic heterocycles. The van der Waals surface area contributed by atoms with Gasteiger partial charge in [-0.15, -0.1) is 0 Å². The van der Waals surface area contributed by atoms with Gasteiger partial charge in [0.25, 0.3) is 0 Å². The van der Waals surface area contributed by atoms with E-state index in [1.54, 1.807) is 0 Å². The van der Waals surface area contributed by atoms with Crippen molar-refractivity contribution in [1.82, 2.24) is 10.2 Å². The lowest BCUT2D eigenvalue weighted by Crippen LogP contribution is -2.62. The van der Waals surface area contributed by atoms with Crippen LogP contribution in [0.4, 0.5) is 5.69 Å². The molecule has 2 heterocycles. The Labute approximate surface area is 164 Å². The van der Waals surface area contributed by atoms with Gasteiger partial charge in [0.2, 0.25) is 5.91 Å². The quantitative estimate of drug-likeness (QED) is 0.863. The number of amides is 1. The van der Waals surface area contributed by atoms with E-state index in [0.29, 0.717) is 12.0 Å². The molecule has 1 N–H and O–H groups in total. The highest BCUT2D eigenvalue weighted by atomic mass is 16.1. The SMILES string of the molecule is CC(C)CCNC(=O)C1Cc2ccccc2N2CCN(C3CCCC3)CC12. The first-order chi connectivity index (χ1) is 13.1. The van der Waals surface area contributed by atoms with Gasteiger partial charge in [-0.2, -0.15) is 0 Å². The summed E-state index contributed by atoms with van der Waals surface area (Å²) in [5.74, 6) is 0.950. The maximum atomic E-state index is 13.1. The molecule has 1 amide bonds. The van der Waals surface area contributed by atoms with Crippen LogP contribution < -0.4 is 10.2 Å². The van der Waals surface area contributed by atoms with Gasteiger partial charge in [0.1, 0.15) is 0 Å². The van der Waals surface area contributed by atoms with E-state index in [0.717, 1.165) is 45.1 Å². The van der Waals surface area contributed by atoms with Gasteiger partial charge in [-0.1, -0.05) is 44.9 Å². The van der Waals surface area contributed by atoms with Crippen molar-refractivity contribution >= 4 is 11.6 Å². The van der Waals surface area contributed by atoms with E-state index in [4.69, 9.17) is 0 Å². The van der Waals surface area contributed by atoms with Crippen molar-refractivity contribution in [1.29, 1.82) is 0 Å². The summed E-state index contributed by atoms with van der Waals surface area (Å²) >= 11 is 0. The lowest BCUT2D eigenvalue weighted by Gasteiger charge is -2.50. The number of carbonyl (C=O) groups is 1. The number of nitrogens with zero attached hydrogens (tertiary/aromatic N) is 2. The van der Waals surface area contributed by atoms with Gasteiger partial charge in [-0.3, -0.25) is 9.69 Å². The van der Waals surface area contributed by atoms with Crippen LogP contribution in [0, 0.1) is 11.8 Å². The maximum Gasteiger partial charge on any atom is 0.225 e. The summed E-state index contributed by atoms with van der Waals surface area (Å²) in [6, 6.07) is 9.77. The normalized spacial score (nSPS) is 26.1. The highest BCUT2D eigenvalue weighted by Gasteiger charge is 2.42. The van der Waals surface area contributed by atoms with Crippen LogP contribution in [-0.4, -0.2) is 49.1 Å². The first kappa shape index (κ1) is 18.8. The van der Waals surface area contributed by atoms with E-state index in [9.17, 15) is 4.79 Å². The van der Waals surface area contributed by atoms with E-state index >= 15 is 0 Å². The van der Waals surface area contributed by atoms with Gasteiger partial charge in [-0.05, 0) is 43.2 Å². The summed E-state index contributed by atoms with van der Waals surface area (Å²) in [5, 5.41) is 3.25. The standard InChI is InChI=1S/C23H35N3O/c1-17(2)11-12-24-23(27)20-15-18-7-3-6-10-21(18)26-14-13-25(16-22(20)26)19-8-4-5-9-19/h3,6-7,10,17,19-20,22H,4-5,8-9,11-16H2,1-2H3,(H,24,27). The fourth-order valence-electron chi connectivity index (χ4n) is 5.30. The van der Waals surface area contributed by atoms with Gasteiger partial charge in [-0.25, -0.2) is 0 Å². The molecule has 2 unspecified atom stereocenters. The van der Waals surface area contributed by atoms with Crippen LogP contribution in [-0.2, 0) is 11.2 Å². The summed E-state index contributed by atoms with van der Waals surface area (Å²) in [4.78, 5) is 18.3. The largest absolute Gasteiger partial charge is 0.365 e. The molecule has 2 fully saturated rings. The molecule has 148 valence electrons. The Balaban J connectivity index is 1.52. The summed E-state index contributed by atoms with van der Waals surface area (Å²) in [6.07, 6.45) is 7.36. The van der Waals surface area contributed by atoms with Crippen LogP contribution in [0.1, 0.15) is 51.5 Å². The minimum atomic E-state index is 0.0660. The first-order valence-electron chi connectivity index (χ1n) is 11.0. The predicted octanol–water partition coefficient (Wildman–Crippen LogP) is 3.45. The Kier molecular flexibility index (Phi) is 5.72. The van der Waals surface area contributed by atoms with Crippen molar-refractivity contribution in [3.05, 3.63) is 29.8 Å². The number of para-hydroxylation sites is 1. The molecule has 1 aromatic carbocycles. The zero-order valence-electron chi connectivity index (χ0n) is 17.0. The number of rotatable bonds is 5. The highest BCUT2D eigenvalue weighted by Crippen LogP contribution is 2.37. The number of hydrogen-bond donors (Lipinski definition) is 1. The lowest BCUT2D eigenvalue weighted by molar-refractivity contribution is -0.126. The number of fused-ring (bicyclic) bond motifs is 3. The number of piperazine rings is 1. The van der Waals surface area contributed by atoms with E-state index in [1.165, 1.54) is 36.9 Å². The lowest BCUT2D eigenvalue weighted by atomic mass is 9.83. The van der Waals surface area contributed by atoms with Crippen molar-refractivity contribution in [2.24, 2.45) is 11.8 Å². The second kappa shape index (κ2) is 8.22. The molecule has 1 aromatic rings. The molecular formula is C23H35N3O. The summed E-state index contributed by atoms with van der Waals surface area (Å²) < 4.78 is 0. The molecular weight excluding hydrogens is 334 g/mol. The van der Waals surface area contributed by atoms with Crippen molar-refractivity contribution in [3.63, 3.8) is 0 Å². The molecule has 2 atom stereocenters. The Bertz CT molecular complexity index is 653. The highest BCUT2D eigenvalue weighted by molar-refractivity contribution is 5.82. The molecule has 1 aliphatic carbocycles. The maximum absolute atomic E-state index is 13.1. The van der Waals surface area contributed by atoms with Crippen LogP contribution in [0.15, 0.2) is 24.3 Å². The Morgan fingerprint density at radius 2 is 1.96 bits per heavy atom. The number of anilines is 1. The van der Waals surface area contributed by atoms with Crippen molar-refractivity contribution in [2.45, 2.75) is 64.5 Å². The molecule has 27 heavy (non-hydrogen) atoms. The van der Waals surface area contributed by atoms with Gasteiger partial charge in [0.15, 0.2) is 0 Å². The van der Waals surface area contributed by atoms with Crippen molar-refractivity contribution < 1.29 is 4.79 Å². The zero-order valence-corrected chi connectivity index (χ0v) is 17.0. The molecule has 2 aliphatic heterocycles. The predicted molar refractivity (Wildman–Crippen MR) is 111 cm³/mol. The topological polar surface area (TPSA) is 35.6 Å². The van der Waals surface area contributed by atoms with Crippen LogP contribution in [0.5, 0.6) is 0 Å². The van der Waals surface area contributed by atoms with Crippen LogP contribution in [0.2, 0.25) is 0 Å². The smallest absolute Gasteiger partial charge is 0.225 e. The molecule has 0 bridgehead atoms. The van der Waals surface area contributed by atoms with Gasteiger partial charge in [0.05, 0.1) is 12.0 Å². The monoisotopic (exact) mass is 369 g/mol. The Morgan fingerprint density at radius 3 is 2.74 bits per heavy atom. The second-order valence-electron chi connectivity index (χ2n) is 9.11. The molecule has 3 aliphatic rings. The fraction of sp³-hybridized carbons (Fsp3) is 0.696. The van der Waals surface area contributed by atoms with E-state index < -0.39 is 0 Å². The number of hydrogen-bond acceptors (Lipinski definition) is 3. The number of nitrogens with one attached hydrogen (secondary N) is 1. The summed E-state index contributed by atoms with van der Waals surface area (Å²) in [6.45, 7) is 8.46. The van der Waals surface area contributed by atoms with Gasteiger partial charge < -0.3 is 10.2 Å². The number of benzene rings is 1. The minimum absolute atomic E-state index is 0.0660. The fourth-order valence-corrected chi connectivity index (χ4v) is 5.30. The zero-order chi connectivity index (χ0) is 18.8. The average Bonchev–Trinajstić information content (AvgIpc) is 3.21. The Hall–Kier alpha value is -1.55. The summed E-state index contributed by atoms with van der Waals surface area (Å²) in [7, 11) is 0. The molecule has 4 rings (SSSR count). The molecule has 0 radical (unpaired) electrons. The van der Waals surface area contributed by atoms with Crippen LogP contribution in [0.25, 0.3) is 0 Å². The number of carbonyl (C=O) groups excluding carboxylic acids is 1. The molecule has 4 nitrogen and oxygen atoms in total. The average molecular weight is 370 g/mol. The van der Waals surface area contributed by atoms with Crippen LogP contribution >= 0.6 is 0 Å². The van der Waals surface area contributed by atoms with Gasteiger partial charge in [0, 0.05) is 37.9 Å². The third-order valence-corrected chi connectivity index (χ3v) is 6.85. The van der Waals surface area contributed by atoms with Crippen molar-refractivity contribution in [3.8, 4) is 0 Å². The molecule has 0 spiro atoms. The third kappa shape index (κ3) is 4.01. The summed E-state index contributed by atoms with van der Waals surface area (Å²) in [5.41, 5.74) is 2.70. The first-order valence-corrected chi connectivity index (χ1v) is 11.0. The van der Waals surface area contributed by atoms with Gasteiger partial charge >= 0.3 is 0 Å². The van der Waals surface area contributed by atoms with Crippen LogP contribution in [0.3, 0.4) is 0 Å². The van der Waals surface area contributed by atoms with E-state index in [1.807, 2.05) is 0 Å². The third-order valence-electron chi connectivity index (χ3n) is 6.85.